The van der Waals surface area contributed by atoms with Gasteiger partial charge in [-0.05, 0) is 42.4 Å². The van der Waals surface area contributed by atoms with E-state index in [0.717, 1.165) is 25.2 Å². The number of nitrogens with two attached hydrogens (primary N) is 1. The van der Waals surface area contributed by atoms with E-state index in [1.807, 2.05) is 30.5 Å². The summed E-state index contributed by atoms with van der Waals surface area (Å²) >= 11 is 1.69. The summed E-state index contributed by atoms with van der Waals surface area (Å²) in [6, 6.07) is 8.14. The van der Waals surface area contributed by atoms with Gasteiger partial charge in [0.05, 0.1) is 6.54 Å². The minimum atomic E-state index is 0.0400. The molecule has 1 unspecified atom stereocenters. The van der Waals surface area contributed by atoms with Crippen LogP contribution in [-0.2, 0) is 4.79 Å². The van der Waals surface area contributed by atoms with E-state index in [2.05, 4.69) is 24.1 Å². The Morgan fingerprint density at radius 3 is 2.67 bits per heavy atom. The number of nitrogens with zero attached hydrogens (tertiary/aromatic N) is 1. The molecule has 1 aliphatic rings. The molecule has 1 atom stereocenters. The number of hydrogen-bond acceptors (Lipinski definition) is 4. The van der Waals surface area contributed by atoms with Gasteiger partial charge in [-0.15, -0.1) is 11.8 Å². The van der Waals surface area contributed by atoms with Crippen LogP contribution in [0.5, 0.6) is 0 Å². The molecule has 1 saturated heterocycles. The number of amides is 1. The molecule has 1 aromatic carbocycles. The lowest BCUT2D eigenvalue weighted by Crippen LogP contribution is -2.53. The van der Waals surface area contributed by atoms with Crippen LogP contribution in [0.15, 0.2) is 29.2 Å². The van der Waals surface area contributed by atoms with Crippen LogP contribution in [0.4, 0.5) is 5.69 Å². The lowest BCUT2D eigenvalue weighted by Gasteiger charge is -2.42. The highest BCUT2D eigenvalue weighted by Gasteiger charge is 2.33. The van der Waals surface area contributed by atoms with Gasteiger partial charge < -0.3 is 11.1 Å². The molecular weight excluding hydrogens is 282 g/mol. The number of benzene rings is 1. The average Bonchev–Trinajstić information content (AvgIpc) is 2.43. The molecule has 5 heteroatoms. The highest BCUT2D eigenvalue weighted by Crippen LogP contribution is 2.27. The Kier molecular flexibility index (Phi) is 5.30. The summed E-state index contributed by atoms with van der Waals surface area (Å²) in [5, 5.41) is 2.96. The van der Waals surface area contributed by atoms with Crippen LogP contribution in [-0.4, -0.2) is 42.7 Å². The Bertz CT molecular complexity index is 487. The zero-order valence-electron chi connectivity index (χ0n) is 13.1. The molecule has 1 fully saturated rings. The molecular formula is C16H25N3OS. The summed E-state index contributed by atoms with van der Waals surface area (Å²) < 4.78 is 0. The topological polar surface area (TPSA) is 58.4 Å². The first-order valence-electron chi connectivity index (χ1n) is 7.32. The second-order valence-corrected chi connectivity index (χ2v) is 7.25. The van der Waals surface area contributed by atoms with Crippen molar-refractivity contribution in [3.63, 3.8) is 0 Å². The van der Waals surface area contributed by atoms with Gasteiger partial charge in [0.15, 0.2) is 0 Å². The smallest absolute Gasteiger partial charge is 0.238 e. The van der Waals surface area contributed by atoms with Gasteiger partial charge in [-0.2, -0.15) is 0 Å². The van der Waals surface area contributed by atoms with Crippen LogP contribution in [0.3, 0.4) is 0 Å². The SMILES string of the molecule is CSc1ccc(NC(=O)CN2CCC(N)C(C)(C)C2)cc1. The molecule has 2 rings (SSSR count). The van der Waals surface area contributed by atoms with Crippen LogP contribution < -0.4 is 11.1 Å². The zero-order chi connectivity index (χ0) is 15.5. The van der Waals surface area contributed by atoms with E-state index in [-0.39, 0.29) is 17.4 Å². The molecule has 0 bridgehead atoms. The maximum Gasteiger partial charge on any atom is 0.238 e. The Morgan fingerprint density at radius 2 is 2.10 bits per heavy atom. The predicted molar refractivity (Wildman–Crippen MR) is 89.7 cm³/mol. The van der Waals surface area contributed by atoms with Crippen LogP contribution in [0.1, 0.15) is 20.3 Å². The van der Waals surface area contributed by atoms with Gasteiger partial charge in [-0.3, -0.25) is 9.69 Å². The number of hydrogen-bond donors (Lipinski definition) is 2. The zero-order valence-corrected chi connectivity index (χ0v) is 13.9. The van der Waals surface area contributed by atoms with E-state index in [1.165, 1.54) is 4.90 Å². The van der Waals surface area contributed by atoms with E-state index >= 15 is 0 Å². The van der Waals surface area contributed by atoms with Gasteiger partial charge in [0.25, 0.3) is 0 Å². The second-order valence-electron chi connectivity index (χ2n) is 6.37. The second kappa shape index (κ2) is 6.81. The van der Waals surface area contributed by atoms with Crippen molar-refractivity contribution < 1.29 is 4.79 Å². The third kappa shape index (κ3) is 4.46. The molecule has 116 valence electrons. The highest BCUT2D eigenvalue weighted by atomic mass is 32.2. The first-order valence-corrected chi connectivity index (χ1v) is 8.55. The van der Waals surface area contributed by atoms with Crippen LogP contribution >= 0.6 is 11.8 Å². The van der Waals surface area contributed by atoms with Gasteiger partial charge in [0.2, 0.25) is 5.91 Å². The summed E-state index contributed by atoms with van der Waals surface area (Å²) in [6.07, 6.45) is 2.99. The largest absolute Gasteiger partial charge is 0.327 e. The molecule has 21 heavy (non-hydrogen) atoms. The monoisotopic (exact) mass is 307 g/mol. The molecule has 0 aromatic heterocycles. The fourth-order valence-corrected chi connectivity index (χ4v) is 3.11. The number of likely N-dealkylation sites (tertiary alicyclic amines) is 1. The number of carbonyl (C=O) groups is 1. The van der Waals surface area contributed by atoms with E-state index in [1.54, 1.807) is 11.8 Å². The average molecular weight is 307 g/mol. The van der Waals surface area contributed by atoms with Gasteiger partial charge in [-0.25, -0.2) is 0 Å². The predicted octanol–water partition coefficient (Wildman–Crippen LogP) is 2.41. The normalized spacial score (nSPS) is 22.0. The molecule has 0 radical (unpaired) electrons. The van der Waals surface area contributed by atoms with Crippen molar-refractivity contribution in [3.05, 3.63) is 24.3 Å². The number of carbonyl (C=O) groups excluding carboxylic acids is 1. The van der Waals surface area contributed by atoms with Crippen LogP contribution in [0.2, 0.25) is 0 Å². The molecule has 4 nitrogen and oxygen atoms in total. The first-order chi connectivity index (χ1) is 9.90. The Hall–Kier alpha value is -1.04. The van der Waals surface area contributed by atoms with Crippen molar-refractivity contribution in [1.29, 1.82) is 0 Å². The maximum atomic E-state index is 12.1. The Balaban J connectivity index is 1.87. The van der Waals surface area contributed by atoms with Crippen molar-refractivity contribution >= 4 is 23.4 Å². The van der Waals surface area contributed by atoms with Crippen molar-refractivity contribution in [2.45, 2.75) is 31.2 Å². The van der Waals surface area contributed by atoms with Crippen LogP contribution in [0, 0.1) is 5.41 Å². The summed E-state index contributed by atoms with van der Waals surface area (Å²) in [4.78, 5) is 15.5. The van der Waals surface area contributed by atoms with Crippen molar-refractivity contribution in [2.75, 3.05) is 31.2 Å². The summed E-state index contributed by atoms with van der Waals surface area (Å²) in [5.74, 6) is 0.0400. The molecule has 3 N–H and O–H groups in total. The Morgan fingerprint density at radius 1 is 1.43 bits per heavy atom. The molecule has 0 spiro atoms. The standard InChI is InChI=1S/C16H25N3OS/c1-16(2)11-19(9-8-14(16)17)10-15(20)18-12-4-6-13(21-3)7-5-12/h4-7,14H,8-11,17H2,1-3H3,(H,18,20). The van der Waals surface area contributed by atoms with Gasteiger partial charge in [-0.1, -0.05) is 13.8 Å². The minimum absolute atomic E-state index is 0.0400. The fourth-order valence-electron chi connectivity index (χ4n) is 2.70. The number of anilines is 1. The Labute approximate surface area is 131 Å². The maximum absolute atomic E-state index is 12.1. The lowest BCUT2D eigenvalue weighted by molar-refractivity contribution is -0.118. The quantitative estimate of drug-likeness (QED) is 0.839. The first kappa shape index (κ1) is 16.3. The number of piperidine rings is 1. The van der Waals surface area contributed by atoms with Gasteiger partial charge >= 0.3 is 0 Å². The number of rotatable bonds is 4. The number of nitrogens with one attached hydrogen (secondary N) is 1. The van der Waals surface area contributed by atoms with Crippen molar-refractivity contribution in [2.24, 2.45) is 11.1 Å². The molecule has 1 aliphatic heterocycles. The third-order valence-electron chi connectivity index (χ3n) is 4.13. The molecule has 1 amide bonds. The van der Waals surface area contributed by atoms with E-state index in [9.17, 15) is 4.79 Å². The highest BCUT2D eigenvalue weighted by molar-refractivity contribution is 7.98. The molecule has 1 heterocycles. The van der Waals surface area contributed by atoms with Crippen molar-refractivity contribution in [1.82, 2.24) is 4.90 Å². The lowest BCUT2D eigenvalue weighted by atomic mass is 9.80. The van der Waals surface area contributed by atoms with E-state index < -0.39 is 0 Å². The fraction of sp³-hybridized carbons (Fsp3) is 0.562. The molecule has 0 saturated carbocycles. The summed E-state index contributed by atoms with van der Waals surface area (Å²) in [6.45, 7) is 6.53. The van der Waals surface area contributed by atoms with Gasteiger partial charge in [0.1, 0.15) is 0 Å². The minimum Gasteiger partial charge on any atom is -0.327 e. The summed E-state index contributed by atoms with van der Waals surface area (Å²) in [7, 11) is 0. The van der Waals surface area contributed by atoms with E-state index in [0.29, 0.717) is 6.54 Å². The molecule has 1 aromatic rings. The summed E-state index contributed by atoms with van der Waals surface area (Å²) in [5.41, 5.74) is 7.05. The van der Waals surface area contributed by atoms with Crippen molar-refractivity contribution in [3.8, 4) is 0 Å². The molecule has 0 aliphatic carbocycles. The van der Waals surface area contributed by atoms with E-state index in [4.69, 9.17) is 5.73 Å². The number of thioether (sulfide) groups is 1. The van der Waals surface area contributed by atoms with Crippen LogP contribution in [0.25, 0.3) is 0 Å². The van der Waals surface area contributed by atoms with Gasteiger partial charge in [0, 0.05) is 29.7 Å². The third-order valence-corrected chi connectivity index (χ3v) is 4.88.